The molecule has 1 amide bonds. The van der Waals surface area contributed by atoms with Gasteiger partial charge in [-0.25, -0.2) is 9.37 Å². The van der Waals surface area contributed by atoms with Crippen molar-refractivity contribution in [3.05, 3.63) is 41.2 Å². The quantitative estimate of drug-likeness (QED) is 0.859. The summed E-state index contributed by atoms with van der Waals surface area (Å²) < 4.78 is 13.2. The van der Waals surface area contributed by atoms with Gasteiger partial charge in [-0.05, 0) is 30.9 Å². The predicted octanol–water partition coefficient (Wildman–Crippen LogP) is 2.35. The number of thiazole rings is 1. The van der Waals surface area contributed by atoms with E-state index in [2.05, 4.69) is 10.3 Å². The zero-order chi connectivity index (χ0) is 15.5. The van der Waals surface area contributed by atoms with Gasteiger partial charge in [0.25, 0.3) is 0 Å². The molecular weight excluding hydrogens is 301 g/mol. The maximum Gasteiger partial charge on any atom is 0.226 e. The molecule has 1 heterocycles. The van der Waals surface area contributed by atoms with E-state index in [1.165, 1.54) is 36.3 Å². The minimum atomic E-state index is -0.291. The molecule has 0 bridgehead atoms. The average Bonchev–Trinajstić information content (AvgIpc) is 3.25. The lowest BCUT2D eigenvalue weighted by molar-refractivity contribution is -0.120. The van der Waals surface area contributed by atoms with E-state index >= 15 is 0 Å². The third-order valence-corrected chi connectivity index (χ3v) is 4.67. The number of nitrogens with one attached hydrogen (secondary N) is 1. The van der Waals surface area contributed by atoms with E-state index in [-0.39, 0.29) is 24.2 Å². The number of rotatable bonds is 6. The van der Waals surface area contributed by atoms with Crippen molar-refractivity contribution < 1.29 is 9.18 Å². The first-order valence-corrected chi connectivity index (χ1v) is 8.22. The van der Waals surface area contributed by atoms with Crippen LogP contribution in [0.5, 0.6) is 0 Å². The van der Waals surface area contributed by atoms with Gasteiger partial charge in [-0.1, -0.05) is 12.1 Å². The van der Waals surface area contributed by atoms with Gasteiger partial charge >= 0.3 is 0 Å². The smallest absolute Gasteiger partial charge is 0.226 e. The summed E-state index contributed by atoms with van der Waals surface area (Å²) in [5.74, 6) is 0.201. The van der Waals surface area contributed by atoms with Crippen LogP contribution in [0.2, 0.25) is 0 Å². The van der Waals surface area contributed by atoms with Crippen molar-refractivity contribution in [1.29, 1.82) is 0 Å². The van der Waals surface area contributed by atoms with Crippen LogP contribution in [0, 0.1) is 11.7 Å². The Balaban J connectivity index is 1.55. The van der Waals surface area contributed by atoms with Gasteiger partial charge in [-0.15, -0.1) is 11.3 Å². The van der Waals surface area contributed by atoms with Gasteiger partial charge in [-0.2, -0.15) is 0 Å². The summed E-state index contributed by atoms with van der Waals surface area (Å²) in [6, 6.07) is 6.35. The molecule has 1 aromatic heterocycles. The van der Waals surface area contributed by atoms with E-state index in [0.717, 1.165) is 10.6 Å². The van der Waals surface area contributed by atoms with Crippen LogP contribution >= 0.6 is 11.3 Å². The lowest BCUT2D eigenvalue weighted by Crippen LogP contribution is -2.39. The molecule has 1 fully saturated rings. The number of nitrogens with two attached hydrogens (primary N) is 1. The zero-order valence-electron chi connectivity index (χ0n) is 12.1. The van der Waals surface area contributed by atoms with E-state index in [4.69, 9.17) is 5.73 Å². The number of hydrogen-bond donors (Lipinski definition) is 2. The fourth-order valence-corrected chi connectivity index (χ4v) is 3.11. The summed E-state index contributed by atoms with van der Waals surface area (Å²) in [5, 5.41) is 5.40. The Morgan fingerprint density at radius 3 is 3.05 bits per heavy atom. The lowest BCUT2D eigenvalue weighted by Gasteiger charge is -2.10. The Labute approximate surface area is 132 Å². The Kier molecular flexibility index (Phi) is 4.49. The Morgan fingerprint density at radius 2 is 2.32 bits per heavy atom. The highest BCUT2D eigenvalue weighted by Gasteiger charge is 2.28. The molecule has 6 heteroatoms. The standard InChI is InChI=1S/C16H18FN3OS/c17-12-3-1-2-11(6-12)16-20-13(9-22-16)7-15(21)19-8-14(18)10-4-5-10/h1-3,6,9-10,14H,4-5,7-8,18H2,(H,19,21). The van der Waals surface area contributed by atoms with Gasteiger partial charge in [0.1, 0.15) is 10.8 Å². The number of carbonyl (C=O) groups is 1. The molecule has 0 saturated heterocycles. The number of amides is 1. The van der Waals surface area contributed by atoms with E-state index in [9.17, 15) is 9.18 Å². The summed E-state index contributed by atoms with van der Waals surface area (Å²) in [7, 11) is 0. The summed E-state index contributed by atoms with van der Waals surface area (Å²) >= 11 is 1.41. The van der Waals surface area contributed by atoms with Crippen LogP contribution in [-0.2, 0) is 11.2 Å². The van der Waals surface area contributed by atoms with Crippen LogP contribution in [0.1, 0.15) is 18.5 Å². The maximum absolute atomic E-state index is 13.2. The van der Waals surface area contributed by atoms with Crippen LogP contribution in [0.3, 0.4) is 0 Å². The Morgan fingerprint density at radius 1 is 1.50 bits per heavy atom. The van der Waals surface area contributed by atoms with Gasteiger partial charge < -0.3 is 11.1 Å². The molecule has 1 unspecified atom stereocenters. The van der Waals surface area contributed by atoms with Gasteiger partial charge in [-0.3, -0.25) is 4.79 Å². The number of carbonyl (C=O) groups excluding carboxylic acids is 1. The van der Waals surface area contributed by atoms with Gasteiger partial charge in [0.2, 0.25) is 5.91 Å². The predicted molar refractivity (Wildman–Crippen MR) is 84.9 cm³/mol. The fraction of sp³-hybridized carbons (Fsp3) is 0.375. The number of halogens is 1. The largest absolute Gasteiger partial charge is 0.354 e. The van der Waals surface area contributed by atoms with Crippen molar-refractivity contribution in [2.45, 2.75) is 25.3 Å². The van der Waals surface area contributed by atoms with E-state index in [1.54, 1.807) is 12.1 Å². The third kappa shape index (κ3) is 3.90. The van der Waals surface area contributed by atoms with Crippen LogP contribution in [0.4, 0.5) is 4.39 Å². The van der Waals surface area contributed by atoms with Gasteiger partial charge in [0.15, 0.2) is 0 Å². The minimum Gasteiger partial charge on any atom is -0.354 e. The van der Waals surface area contributed by atoms with E-state index in [0.29, 0.717) is 18.2 Å². The second kappa shape index (κ2) is 6.54. The first-order valence-electron chi connectivity index (χ1n) is 7.34. The van der Waals surface area contributed by atoms with Crippen molar-refractivity contribution in [2.75, 3.05) is 6.54 Å². The molecule has 0 aliphatic heterocycles. The highest BCUT2D eigenvalue weighted by Crippen LogP contribution is 2.31. The molecular formula is C16H18FN3OS. The van der Waals surface area contributed by atoms with E-state index in [1.807, 2.05) is 5.38 Å². The highest BCUT2D eigenvalue weighted by atomic mass is 32.1. The monoisotopic (exact) mass is 319 g/mol. The van der Waals surface area contributed by atoms with Crippen molar-refractivity contribution in [2.24, 2.45) is 11.7 Å². The van der Waals surface area contributed by atoms with Gasteiger partial charge in [0.05, 0.1) is 12.1 Å². The summed E-state index contributed by atoms with van der Waals surface area (Å²) in [5.41, 5.74) is 7.38. The molecule has 22 heavy (non-hydrogen) atoms. The normalized spacial score (nSPS) is 15.5. The molecule has 1 aliphatic carbocycles. The first-order chi connectivity index (χ1) is 10.6. The Bertz CT molecular complexity index is 669. The minimum absolute atomic E-state index is 0.0576. The first kappa shape index (κ1) is 15.1. The summed E-state index contributed by atoms with van der Waals surface area (Å²) in [6.07, 6.45) is 2.56. The van der Waals surface area contributed by atoms with Crippen molar-refractivity contribution >= 4 is 17.2 Å². The maximum atomic E-state index is 13.2. The van der Waals surface area contributed by atoms with E-state index < -0.39 is 0 Å². The second-order valence-electron chi connectivity index (χ2n) is 5.64. The number of benzene rings is 1. The zero-order valence-corrected chi connectivity index (χ0v) is 12.9. The Hall–Kier alpha value is -1.79. The summed E-state index contributed by atoms with van der Waals surface area (Å²) in [4.78, 5) is 16.3. The van der Waals surface area contributed by atoms with Crippen LogP contribution in [0.15, 0.2) is 29.6 Å². The molecule has 4 nitrogen and oxygen atoms in total. The summed E-state index contributed by atoms with van der Waals surface area (Å²) in [6.45, 7) is 0.518. The molecule has 0 spiro atoms. The molecule has 1 saturated carbocycles. The fourth-order valence-electron chi connectivity index (χ4n) is 2.29. The van der Waals surface area contributed by atoms with Crippen molar-refractivity contribution in [1.82, 2.24) is 10.3 Å². The molecule has 116 valence electrons. The molecule has 1 aromatic carbocycles. The van der Waals surface area contributed by atoms with Gasteiger partial charge in [0, 0.05) is 23.5 Å². The second-order valence-corrected chi connectivity index (χ2v) is 6.49. The SMILES string of the molecule is NC(CNC(=O)Cc1csc(-c2cccc(F)c2)n1)C1CC1. The third-order valence-electron chi connectivity index (χ3n) is 3.73. The van der Waals surface area contributed by atoms with Crippen LogP contribution in [-0.4, -0.2) is 23.5 Å². The molecule has 3 N–H and O–H groups in total. The van der Waals surface area contributed by atoms with Crippen LogP contribution in [0.25, 0.3) is 10.6 Å². The topological polar surface area (TPSA) is 68.0 Å². The average molecular weight is 319 g/mol. The van der Waals surface area contributed by atoms with Crippen molar-refractivity contribution in [3.8, 4) is 10.6 Å². The molecule has 1 aliphatic rings. The van der Waals surface area contributed by atoms with Crippen LogP contribution < -0.4 is 11.1 Å². The highest BCUT2D eigenvalue weighted by molar-refractivity contribution is 7.13. The number of nitrogens with zero attached hydrogens (tertiary/aromatic N) is 1. The molecule has 3 rings (SSSR count). The number of aromatic nitrogens is 1. The molecule has 2 aromatic rings. The van der Waals surface area contributed by atoms with Crippen molar-refractivity contribution in [3.63, 3.8) is 0 Å². The lowest BCUT2D eigenvalue weighted by atomic mass is 10.2. The number of hydrogen-bond acceptors (Lipinski definition) is 4. The molecule has 1 atom stereocenters. The molecule has 0 radical (unpaired) electrons.